The van der Waals surface area contributed by atoms with Gasteiger partial charge in [-0.25, -0.2) is 0 Å². The van der Waals surface area contributed by atoms with Crippen LogP contribution in [-0.2, 0) is 4.79 Å². The van der Waals surface area contributed by atoms with Crippen molar-refractivity contribution in [1.82, 2.24) is 0 Å². The Morgan fingerprint density at radius 1 is 0.889 bits per heavy atom. The fourth-order valence-electron chi connectivity index (χ4n) is 1.62. The second kappa shape index (κ2) is 5.78. The molecule has 0 amide bonds. The maximum absolute atomic E-state index is 11.9. The number of hydrogen-bond acceptors (Lipinski definition) is 1. The second-order valence-electron chi connectivity index (χ2n) is 3.95. The molecule has 0 atom stereocenters. The minimum Gasteiger partial charge on any atom is -0.289 e. The zero-order chi connectivity index (χ0) is 12.8. The molecule has 2 rings (SSSR count). The molecule has 0 fully saturated rings. The standard InChI is InChI=1S/C17H14O/c1-14(16-10-6-3-7-11-16)17(18)13-12-15-8-4-2-5-9-15/h2-13H,1H2. The third-order valence-electron chi connectivity index (χ3n) is 2.65. The van der Waals surface area contributed by atoms with Crippen molar-refractivity contribution in [1.29, 1.82) is 0 Å². The summed E-state index contributed by atoms with van der Waals surface area (Å²) in [6, 6.07) is 19.2. The van der Waals surface area contributed by atoms with Crippen LogP contribution in [0.2, 0.25) is 0 Å². The zero-order valence-corrected chi connectivity index (χ0v) is 10.0. The van der Waals surface area contributed by atoms with Gasteiger partial charge in [0.1, 0.15) is 0 Å². The van der Waals surface area contributed by atoms with Crippen LogP contribution in [0.15, 0.2) is 73.3 Å². The molecule has 0 spiro atoms. The van der Waals surface area contributed by atoms with Gasteiger partial charge < -0.3 is 0 Å². The average Bonchev–Trinajstić information content (AvgIpc) is 2.46. The first-order valence-corrected chi connectivity index (χ1v) is 5.79. The number of carbonyl (C=O) groups is 1. The third-order valence-corrected chi connectivity index (χ3v) is 2.65. The van der Waals surface area contributed by atoms with E-state index in [4.69, 9.17) is 0 Å². The van der Waals surface area contributed by atoms with E-state index in [0.29, 0.717) is 5.57 Å². The first kappa shape index (κ1) is 12.1. The van der Waals surface area contributed by atoms with E-state index >= 15 is 0 Å². The van der Waals surface area contributed by atoms with E-state index in [1.165, 1.54) is 0 Å². The molecular weight excluding hydrogens is 220 g/mol. The van der Waals surface area contributed by atoms with Crippen molar-refractivity contribution < 1.29 is 4.79 Å². The van der Waals surface area contributed by atoms with Crippen LogP contribution in [0.1, 0.15) is 11.1 Å². The summed E-state index contributed by atoms with van der Waals surface area (Å²) < 4.78 is 0. The van der Waals surface area contributed by atoms with Crippen molar-refractivity contribution in [3.8, 4) is 0 Å². The lowest BCUT2D eigenvalue weighted by atomic mass is 10.0. The van der Waals surface area contributed by atoms with E-state index in [1.54, 1.807) is 12.2 Å². The van der Waals surface area contributed by atoms with Crippen LogP contribution in [0, 0.1) is 0 Å². The van der Waals surface area contributed by atoms with Crippen LogP contribution < -0.4 is 0 Å². The molecule has 0 heterocycles. The molecule has 2 aromatic carbocycles. The van der Waals surface area contributed by atoms with Gasteiger partial charge in [-0.15, -0.1) is 0 Å². The van der Waals surface area contributed by atoms with Crippen LogP contribution in [0.4, 0.5) is 0 Å². The highest BCUT2D eigenvalue weighted by molar-refractivity contribution is 6.26. The van der Waals surface area contributed by atoms with Crippen molar-refractivity contribution in [3.63, 3.8) is 0 Å². The Morgan fingerprint density at radius 3 is 2.06 bits per heavy atom. The predicted molar refractivity (Wildman–Crippen MR) is 76.0 cm³/mol. The topological polar surface area (TPSA) is 17.1 Å². The lowest BCUT2D eigenvalue weighted by Crippen LogP contribution is -1.95. The van der Waals surface area contributed by atoms with Gasteiger partial charge in [0, 0.05) is 5.57 Å². The maximum Gasteiger partial charge on any atom is 0.185 e. The van der Waals surface area contributed by atoms with Gasteiger partial charge in [0.25, 0.3) is 0 Å². The monoisotopic (exact) mass is 234 g/mol. The normalized spacial score (nSPS) is 10.4. The van der Waals surface area contributed by atoms with Crippen molar-refractivity contribution in [3.05, 3.63) is 84.4 Å². The SMILES string of the molecule is C=C(C(=O)C=Cc1ccccc1)c1ccccc1. The summed E-state index contributed by atoms with van der Waals surface area (Å²) in [6.45, 7) is 3.84. The number of benzene rings is 2. The molecule has 0 aliphatic rings. The summed E-state index contributed by atoms with van der Waals surface area (Å²) in [5, 5.41) is 0. The predicted octanol–water partition coefficient (Wildman–Crippen LogP) is 3.98. The highest BCUT2D eigenvalue weighted by atomic mass is 16.1. The Kier molecular flexibility index (Phi) is 3.87. The highest BCUT2D eigenvalue weighted by Gasteiger charge is 2.04. The van der Waals surface area contributed by atoms with Crippen LogP contribution in [0.25, 0.3) is 11.6 Å². The van der Waals surface area contributed by atoms with Gasteiger partial charge in [-0.2, -0.15) is 0 Å². The van der Waals surface area contributed by atoms with Crippen LogP contribution in [0.3, 0.4) is 0 Å². The largest absolute Gasteiger partial charge is 0.289 e. The first-order chi connectivity index (χ1) is 8.77. The molecule has 0 aromatic heterocycles. The van der Waals surface area contributed by atoms with Crippen molar-refractivity contribution in [2.45, 2.75) is 0 Å². The summed E-state index contributed by atoms with van der Waals surface area (Å²) in [5.74, 6) is -0.0648. The molecule has 1 nitrogen and oxygen atoms in total. The van der Waals surface area contributed by atoms with E-state index in [0.717, 1.165) is 11.1 Å². The number of allylic oxidation sites excluding steroid dienone is 2. The molecule has 0 unspecified atom stereocenters. The molecule has 88 valence electrons. The first-order valence-electron chi connectivity index (χ1n) is 5.79. The van der Waals surface area contributed by atoms with Gasteiger partial charge in [-0.1, -0.05) is 73.3 Å². The molecule has 18 heavy (non-hydrogen) atoms. The lowest BCUT2D eigenvalue weighted by Gasteiger charge is -2.00. The molecule has 0 N–H and O–H groups in total. The van der Waals surface area contributed by atoms with Crippen LogP contribution in [0.5, 0.6) is 0 Å². The molecule has 0 aliphatic carbocycles. The summed E-state index contributed by atoms with van der Waals surface area (Å²) in [7, 11) is 0. The summed E-state index contributed by atoms with van der Waals surface area (Å²) >= 11 is 0. The highest BCUT2D eigenvalue weighted by Crippen LogP contribution is 2.14. The summed E-state index contributed by atoms with van der Waals surface area (Å²) in [5.41, 5.74) is 2.38. The van der Waals surface area contributed by atoms with Crippen molar-refractivity contribution in [2.75, 3.05) is 0 Å². The molecule has 2 aromatic rings. The molecule has 0 bridgehead atoms. The van der Waals surface area contributed by atoms with Gasteiger partial charge in [0.05, 0.1) is 0 Å². The van der Waals surface area contributed by atoms with E-state index < -0.39 is 0 Å². The number of carbonyl (C=O) groups excluding carboxylic acids is 1. The average molecular weight is 234 g/mol. The van der Waals surface area contributed by atoms with E-state index in [9.17, 15) is 4.79 Å². The molecule has 0 aliphatic heterocycles. The van der Waals surface area contributed by atoms with Crippen LogP contribution >= 0.6 is 0 Å². The molecule has 1 heteroatoms. The fourth-order valence-corrected chi connectivity index (χ4v) is 1.62. The second-order valence-corrected chi connectivity index (χ2v) is 3.95. The molecular formula is C17H14O. The van der Waals surface area contributed by atoms with Gasteiger partial charge in [-0.05, 0) is 17.2 Å². The minimum atomic E-state index is -0.0648. The molecule has 0 saturated heterocycles. The van der Waals surface area contributed by atoms with Gasteiger partial charge in [-0.3, -0.25) is 4.79 Å². The Morgan fingerprint density at radius 2 is 1.44 bits per heavy atom. The molecule has 0 radical (unpaired) electrons. The van der Waals surface area contributed by atoms with E-state index in [-0.39, 0.29) is 5.78 Å². The quantitative estimate of drug-likeness (QED) is 0.731. The Balaban J connectivity index is 2.09. The smallest absolute Gasteiger partial charge is 0.185 e. The molecule has 0 saturated carbocycles. The minimum absolute atomic E-state index is 0.0648. The van der Waals surface area contributed by atoms with Crippen molar-refractivity contribution in [2.24, 2.45) is 0 Å². The number of ketones is 1. The Labute approximate surface area is 107 Å². The lowest BCUT2D eigenvalue weighted by molar-refractivity contribution is -0.109. The number of rotatable bonds is 4. The zero-order valence-electron chi connectivity index (χ0n) is 10.0. The summed E-state index contributed by atoms with van der Waals surface area (Å²) in [4.78, 5) is 11.9. The summed E-state index contributed by atoms with van der Waals surface area (Å²) in [6.07, 6.45) is 3.36. The van der Waals surface area contributed by atoms with Gasteiger partial charge in [0.15, 0.2) is 5.78 Å². The number of hydrogen-bond donors (Lipinski definition) is 0. The van der Waals surface area contributed by atoms with E-state index in [1.807, 2.05) is 60.7 Å². The Bertz CT molecular complexity index is 565. The van der Waals surface area contributed by atoms with Crippen molar-refractivity contribution >= 4 is 17.4 Å². The van der Waals surface area contributed by atoms with Crippen LogP contribution in [-0.4, -0.2) is 5.78 Å². The Hall–Kier alpha value is -2.41. The third kappa shape index (κ3) is 3.05. The van der Waals surface area contributed by atoms with Gasteiger partial charge in [0.2, 0.25) is 0 Å². The maximum atomic E-state index is 11.9. The van der Waals surface area contributed by atoms with Gasteiger partial charge >= 0.3 is 0 Å². The fraction of sp³-hybridized carbons (Fsp3) is 0. The van der Waals surface area contributed by atoms with E-state index in [2.05, 4.69) is 6.58 Å².